The second-order valence-corrected chi connectivity index (χ2v) is 10.2. The molecule has 0 unspecified atom stereocenters. The van der Waals surface area contributed by atoms with Crippen LogP contribution in [0.3, 0.4) is 0 Å². The van der Waals surface area contributed by atoms with Crippen molar-refractivity contribution in [3.63, 3.8) is 0 Å². The van der Waals surface area contributed by atoms with Crippen molar-refractivity contribution in [2.24, 2.45) is 0 Å². The summed E-state index contributed by atoms with van der Waals surface area (Å²) < 4.78 is 0. The minimum atomic E-state index is -0.821. The first-order chi connectivity index (χ1) is 18.3. The SMILES string of the molecule is Cc1ccc(NC(=O)N2CCC3(CC2)C(=O)N(CC(=O)Nc2cccc(Cl)c2)CN3c2ccccc2)cc1. The van der Waals surface area contributed by atoms with Crippen LogP contribution in [0.4, 0.5) is 21.9 Å². The quantitative estimate of drug-likeness (QED) is 0.487. The molecule has 2 heterocycles. The van der Waals surface area contributed by atoms with Gasteiger partial charge < -0.3 is 25.3 Å². The summed E-state index contributed by atoms with van der Waals surface area (Å²) in [6.45, 7) is 3.07. The van der Waals surface area contributed by atoms with Gasteiger partial charge >= 0.3 is 6.03 Å². The molecule has 9 heteroatoms. The van der Waals surface area contributed by atoms with Gasteiger partial charge in [-0.2, -0.15) is 0 Å². The number of rotatable bonds is 5. The maximum absolute atomic E-state index is 13.9. The van der Waals surface area contributed by atoms with Crippen LogP contribution in [0.2, 0.25) is 5.02 Å². The lowest BCUT2D eigenvalue weighted by molar-refractivity contribution is -0.136. The number of halogens is 1. The molecule has 2 fully saturated rings. The first kappa shape index (κ1) is 25.6. The second kappa shape index (κ2) is 10.8. The van der Waals surface area contributed by atoms with Crippen LogP contribution in [0.25, 0.3) is 0 Å². The predicted octanol–water partition coefficient (Wildman–Crippen LogP) is 4.96. The zero-order valence-corrected chi connectivity index (χ0v) is 21.9. The molecule has 8 nitrogen and oxygen atoms in total. The van der Waals surface area contributed by atoms with Gasteiger partial charge in [-0.1, -0.05) is 53.6 Å². The van der Waals surface area contributed by atoms with E-state index in [-0.39, 0.29) is 24.4 Å². The van der Waals surface area contributed by atoms with Gasteiger partial charge in [-0.25, -0.2) is 4.79 Å². The van der Waals surface area contributed by atoms with Gasteiger partial charge in [0, 0.05) is 35.2 Å². The van der Waals surface area contributed by atoms with Gasteiger partial charge in [-0.15, -0.1) is 0 Å². The molecule has 0 saturated carbocycles. The zero-order valence-electron chi connectivity index (χ0n) is 21.2. The van der Waals surface area contributed by atoms with E-state index in [1.807, 2.05) is 61.5 Å². The number of piperidine rings is 1. The topological polar surface area (TPSA) is 85.0 Å². The molecule has 3 aromatic carbocycles. The van der Waals surface area contributed by atoms with Gasteiger partial charge in [0.25, 0.3) is 5.91 Å². The van der Waals surface area contributed by atoms with Crippen LogP contribution in [-0.2, 0) is 9.59 Å². The number of para-hydroxylation sites is 1. The van der Waals surface area contributed by atoms with Crippen LogP contribution in [0.15, 0.2) is 78.9 Å². The highest BCUT2D eigenvalue weighted by molar-refractivity contribution is 6.30. The van der Waals surface area contributed by atoms with Crippen molar-refractivity contribution in [3.05, 3.63) is 89.4 Å². The summed E-state index contributed by atoms with van der Waals surface area (Å²) in [4.78, 5) is 45.1. The molecule has 0 radical (unpaired) electrons. The van der Waals surface area contributed by atoms with Crippen LogP contribution in [0.1, 0.15) is 18.4 Å². The van der Waals surface area contributed by atoms with Crippen LogP contribution in [-0.4, -0.2) is 59.5 Å². The summed E-state index contributed by atoms with van der Waals surface area (Å²) in [5.41, 5.74) is 2.53. The Hall–Kier alpha value is -4.04. The predicted molar refractivity (Wildman–Crippen MR) is 149 cm³/mol. The van der Waals surface area contributed by atoms with Crippen LogP contribution in [0.5, 0.6) is 0 Å². The summed E-state index contributed by atoms with van der Waals surface area (Å²) in [7, 11) is 0. The average molecular weight is 532 g/mol. The molecule has 3 aromatic rings. The third-order valence-electron chi connectivity index (χ3n) is 7.21. The lowest BCUT2D eigenvalue weighted by Gasteiger charge is -2.43. The van der Waals surface area contributed by atoms with Crippen molar-refractivity contribution < 1.29 is 14.4 Å². The molecule has 0 aromatic heterocycles. The second-order valence-electron chi connectivity index (χ2n) is 9.78. The van der Waals surface area contributed by atoms with E-state index in [0.29, 0.717) is 43.3 Å². The number of carbonyl (C=O) groups is 3. The van der Waals surface area contributed by atoms with E-state index in [2.05, 4.69) is 15.5 Å². The number of hydrogen-bond acceptors (Lipinski definition) is 4. The molecular formula is C29H30ClN5O3. The minimum absolute atomic E-state index is 0.0753. The highest BCUT2D eigenvalue weighted by Crippen LogP contribution is 2.39. The van der Waals surface area contributed by atoms with Crippen LogP contribution < -0.4 is 15.5 Å². The number of hydrogen-bond donors (Lipinski definition) is 2. The van der Waals surface area contributed by atoms with Gasteiger partial charge in [-0.3, -0.25) is 9.59 Å². The number of urea groups is 1. The Bertz CT molecular complexity index is 1320. The largest absolute Gasteiger partial charge is 0.339 e. The van der Waals surface area contributed by atoms with E-state index in [1.54, 1.807) is 34.1 Å². The monoisotopic (exact) mass is 531 g/mol. The smallest absolute Gasteiger partial charge is 0.321 e. The highest BCUT2D eigenvalue weighted by atomic mass is 35.5. The molecular weight excluding hydrogens is 502 g/mol. The van der Waals surface area contributed by atoms with Crippen LogP contribution >= 0.6 is 11.6 Å². The molecule has 1 spiro atoms. The zero-order chi connectivity index (χ0) is 26.7. The summed E-state index contributed by atoms with van der Waals surface area (Å²) >= 11 is 6.04. The lowest BCUT2D eigenvalue weighted by Crippen LogP contribution is -2.58. The van der Waals surface area contributed by atoms with Crippen molar-refractivity contribution in [2.45, 2.75) is 25.3 Å². The number of carbonyl (C=O) groups excluding carboxylic acids is 3. The summed E-state index contributed by atoms with van der Waals surface area (Å²) in [6.07, 6.45) is 0.933. The van der Waals surface area contributed by atoms with Crippen LogP contribution in [0, 0.1) is 6.92 Å². The molecule has 2 saturated heterocycles. The normalized spacial score (nSPS) is 16.6. The highest BCUT2D eigenvalue weighted by Gasteiger charge is 2.54. The summed E-state index contributed by atoms with van der Waals surface area (Å²) in [5, 5.41) is 6.30. The van der Waals surface area contributed by atoms with Gasteiger partial charge in [-0.05, 0) is 62.2 Å². The van der Waals surface area contributed by atoms with E-state index in [4.69, 9.17) is 11.6 Å². The molecule has 5 rings (SSSR count). The third-order valence-corrected chi connectivity index (χ3v) is 7.44. The fraction of sp³-hybridized carbons (Fsp3) is 0.276. The van der Waals surface area contributed by atoms with Crippen molar-refractivity contribution in [3.8, 4) is 0 Å². The van der Waals surface area contributed by atoms with Gasteiger partial charge in [0.2, 0.25) is 5.91 Å². The first-order valence-corrected chi connectivity index (χ1v) is 13.0. The van der Waals surface area contributed by atoms with E-state index in [0.717, 1.165) is 16.9 Å². The number of nitrogens with one attached hydrogen (secondary N) is 2. The van der Waals surface area contributed by atoms with Gasteiger partial charge in [0.1, 0.15) is 12.1 Å². The Morgan fingerprint density at radius 3 is 2.29 bits per heavy atom. The lowest BCUT2D eigenvalue weighted by atomic mass is 9.85. The molecule has 0 bridgehead atoms. The van der Waals surface area contributed by atoms with E-state index < -0.39 is 5.54 Å². The van der Waals surface area contributed by atoms with E-state index >= 15 is 0 Å². The molecule has 38 heavy (non-hydrogen) atoms. The Labute approximate surface area is 227 Å². The number of benzene rings is 3. The Morgan fingerprint density at radius 2 is 1.61 bits per heavy atom. The minimum Gasteiger partial charge on any atom is -0.339 e. The fourth-order valence-electron chi connectivity index (χ4n) is 5.18. The standard InChI is InChI=1S/C29H30ClN5O3/c1-21-10-12-23(13-11-21)32-28(38)33-16-14-29(15-17-33)27(37)34(20-35(29)25-8-3-2-4-9-25)19-26(36)31-24-7-5-6-22(30)18-24/h2-13,18H,14-17,19-20H2,1H3,(H,31,36)(H,32,38). The summed E-state index contributed by atoms with van der Waals surface area (Å²) in [6, 6.07) is 24.1. The first-order valence-electron chi connectivity index (χ1n) is 12.6. The Kier molecular flexibility index (Phi) is 7.24. The Balaban J connectivity index is 1.30. The van der Waals surface area contributed by atoms with Crippen molar-refractivity contribution in [1.82, 2.24) is 9.80 Å². The molecule has 2 N–H and O–H groups in total. The molecule has 2 aliphatic heterocycles. The third kappa shape index (κ3) is 5.31. The molecule has 196 valence electrons. The van der Waals surface area contributed by atoms with Crippen molar-refractivity contribution in [1.29, 1.82) is 0 Å². The number of aryl methyl sites for hydroxylation is 1. The number of likely N-dealkylation sites (tertiary alicyclic amines) is 1. The molecule has 2 aliphatic rings. The summed E-state index contributed by atoms with van der Waals surface area (Å²) in [5.74, 6) is -0.387. The fourth-order valence-corrected chi connectivity index (χ4v) is 5.37. The molecule has 4 amide bonds. The number of nitrogens with zero attached hydrogens (tertiary/aromatic N) is 3. The number of amides is 4. The molecule has 0 atom stereocenters. The van der Waals surface area contributed by atoms with E-state index in [9.17, 15) is 14.4 Å². The molecule has 0 aliphatic carbocycles. The maximum atomic E-state index is 13.9. The van der Waals surface area contributed by atoms with Crippen molar-refractivity contribution >= 4 is 46.5 Å². The van der Waals surface area contributed by atoms with Crippen molar-refractivity contribution in [2.75, 3.05) is 41.8 Å². The van der Waals surface area contributed by atoms with Gasteiger partial charge in [0.05, 0.1) is 6.67 Å². The van der Waals surface area contributed by atoms with Gasteiger partial charge in [0.15, 0.2) is 0 Å². The maximum Gasteiger partial charge on any atom is 0.321 e. The number of anilines is 3. The Morgan fingerprint density at radius 1 is 0.895 bits per heavy atom. The average Bonchev–Trinajstić information content (AvgIpc) is 3.17. The van der Waals surface area contributed by atoms with E-state index in [1.165, 1.54) is 0 Å².